The maximum atomic E-state index is 4.70. The van der Waals surface area contributed by atoms with Crippen molar-refractivity contribution in [3.8, 4) is 0 Å². The molecule has 0 atom stereocenters. The Kier molecular flexibility index (Phi) is 5.06. The fourth-order valence-electron chi connectivity index (χ4n) is 2.63. The van der Waals surface area contributed by atoms with Crippen molar-refractivity contribution in [2.75, 3.05) is 16.8 Å². The highest BCUT2D eigenvalue weighted by Gasteiger charge is 2.11. The minimum Gasteiger partial charge on any atom is -0.350 e. The molecule has 0 saturated carbocycles. The van der Waals surface area contributed by atoms with Crippen LogP contribution >= 0.6 is 0 Å². The summed E-state index contributed by atoms with van der Waals surface area (Å²) in [6, 6.07) is 22.6. The van der Waals surface area contributed by atoms with Crippen LogP contribution in [0.15, 0.2) is 66.7 Å². The van der Waals surface area contributed by atoms with Gasteiger partial charge in [-0.3, -0.25) is 0 Å². The summed E-state index contributed by atoms with van der Waals surface area (Å²) < 4.78 is 0. The van der Waals surface area contributed by atoms with Gasteiger partial charge in [-0.1, -0.05) is 48.5 Å². The van der Waals surface area contributed by atoms with Gasteiger partial charge in [0.25, 0.3) is 0 Å². The van der Waals surface area contributed by atoms with Crippen molar-refractivity contribution in [3.63, 3.8) is 0 Å². The first-order valence-corrected chi connectivity index (χ1v) is 8.22. The Labute approximate surface area is 143 Å². The Morgan fingerprint density at radius 2 is 1.58 bits per heavy atom. The molecule has 0 saturated heterocycles. The van der Waals surface area contributed by atoms with Gasteiger partial charge in [-0.05, 0) is 31.5 Å². The van der Waals surface area contributed by atoms with Crippen molar-refractivity contribution in [2.45, 2.75) is 20.4 Å². The zero-order valence-electron chi connectivity index (χ0n) is 14.1. The number of aromatic nitrogens is 2. The van der Waals surface area contributed by atoms with E-state index in [4.69, 9.17) is 4.98 Å². The van der Waals surface area contributed by atoms with E-state index in [2.05, 4.69) is 46.4 Å². The second-order valence-electron chi connectivity index (χ2n) is 5.61. The van der Waals surface area contributed by atoms with E-state index in [1.54, 1.807) is 0 Å². The Balaban J connectivity index is 1.83. The van der Waals surface area contributed by atoms with Crippen molar-refractivity contribution in [1.82, 2.24) is 9.97 Å². The van der Waals surface area contributed by atoms with Crippen LogP contribution < -0.4 is 10.2 Å². The van der Waals surface area contributed by atoms with Crippen molar-refractivity contribution in [2.24, 2.45) is 0 Å². The lowest BCUT2D eigenvalue weighted by atomic mass is 10.2. The van der Waals surface area contributed by atoms with Gasteiger partial charge in [-0.15, -0.1) is 0 Å². The molecule has 0 unspecified atom stereocenters. The molecule has 0 spiro atoms. The van der Waals surface area contributed by atoms with Gasteiger partial charge in [-0.2, -0.15) is 4.98 Å². The maximum Gasteiger partial charge on any atom is 0.225 e. The number of hydrogen-bond acceptors (Lipinski definition) is 4. The molecule has 4 heteroatoms. The molecule has 0 amide bonds. The molecule has 0 aliphatic heterocycles. The lowest BCUT2D eigenvalue weighted by molar-refractivity contribution is 0.955. The standard InChI is InChI=1S/C20H22N4/c1-3-24(18-12-8-5-9-13-18)19-14-16(2)22-20(23-19)21-15-17-10-6-4-7-11-17/h4-14H,3,15H2,1-2H3,(H,21,22,23). The van der Waals surface area contributed by atoms with Gasteiger partial charge in [0.2, 0.25) is 5.95 Å². The molecular weight excluding hydrogens is 296 g/mol. The van der Waals surface area contributed by atoms with E-state index in [1.165, 1.54) is 5.56 Å². The van der Waals surface area contributed by atoms with E-state index in [1.807, 2.05) is 49.4 Å². The molecule has 3 rings (SSSR count). The van der Waals surface area contributed by atoms with E-state index in [9.17, 15) is 0 Å². The lowest BCUT2D eigenvalue weighted by Crippen LogP contribution is -2.18. The number of anilines is 3. The predicted molar refractivity (Wildman–Crippen MR) is 99.7 cm³/mol. The van der Waals surface area contributed by atoms with Crippen LogP contribution in [0.5, 0.6) is 0 Å². The summed E-state index contributed by atoms with van der Waals surface area (Å²) in [7, 11) is 0. The van der Waals surface area contributed by atoms with E-state index < -0.39 is 0 Å². The topological polar surface area (TPSA) is 41.1 Å². The molecule has 1 aromatic heterocycles. The highest BCUT2D eigenvalue weighted by atomic mass is 15.2. The molecule has 0 radical (unpaired) electrons. The van der Waals surface area contributed by atoms with Crippen molar-refractivity contribution in [3.05, 3.63) is 78.0 Å². The molecule has 0 fully saturated rings. The Bertz CT molecular complexity index is 772. The number of nitrogens with zero attached hydrogens (tertiary/aromatic N) is 3. The van der Waals surface area contributed by atoms with E-state index in [0.29, 0.717) is 12.5 Å². The zero-order valence-corrected chi connectivity index (χ0v) is 14.1. The summed E-state index contributed by atoms with van der Waals surface area (Å²) in [6.45, 7) is 5.68. The quantitative estimate of drug-likeness (QED) is 0.723. The summed E-state index contributed by atoms with van der Waals surface area (Å²) in [4.78, 5) is 11.4. The van der Waals surface area contributed by atoms with Gasteiger partial charge < -0.3 is 10.2 Å². The molecule has 4 nitrogen and oxygen atoms in total. The van der Waals surface area contributed by atoms with Gasteiger partial charge in [0.1, 0.15) is 5.82 Å². The third kappa shape index (κ3) is 3.90. The molecule has 0 bridgehead atoms. The number of para-hydroxylation sites is 1. The molecular formula is C20H22N4. The number of nitrogens with one attached hydrogen (secondary N) is 1. The minimum atomic E-state index is 0.656. The van der Waals surface area contributed by atoms with Crippen molar-refractivity contribution in [1.29, 1.82) is 0 Å². The van der Waals surface area contributed by atoms with Crippen LogP contribution in [0.25, 0.3) is 0 Å². The molecule has 2 aromatic carbocycles. The second kappa shape index (κ2) is 7.59. The minimum absolute atomic E-state index is 0.656. The van der Waals surface area contributed by atoms with Gasteiger partial charge in [0.05, 0.1) is 0 Å². The van der Waals surface area contributed by atoms with E-state index in [0.717, 1.165) is 23.7 Å². The highest BCUT2D eigenvalue weighted by molar-refractivity contribution is 5.61. The first-order chi connectivity index (χ1) is 11.8. The Morgan fingerprint density at radius 3 is 2.25 bits per heavy atom. The smallest absolute Gasteiger partial charge is 0.225 e. The molecule has 3 aromatic rings. The molecule has 1 heterocycles. The lowest BCUT2D eigenvalue weighted by Gasteiger charge is -2.23. The van der Waals surface area contributed by atoms with Gasteiger partial charge >= 0.3 is 0 Å². The van der Waals surface area contributed by atoms with E-state index in [-0.39, 0.29) is 0 Å². The Hall–Kier alpha value is -2.88. The fourth-order valence-corrected chi connectivity index (χ4v) is 2.63. The van der Waals surface area contributed by atoms with Crippen LogP contribution in [-0.4, -0.2) is 16.5 Å². The monoisotopic (exact) mass is 318 g/mol. The average molecular weight is 318 g/mol. The molecule has 0 aliphatic carbocycles. The summed E-state index contributed by atoms with van der Waals surface area (Å²) in [5, 5.41) is 3.32. The SMILES string of the molecule is CCN(c1ccccc1)c1cc(C)nc(NCc2ccccc2)n1. The molecule has 24 heavy (non-hydrogen) atoms. The molecule has 122 valence electrons. The van der Waals surface area contributed by atoms with Crippen LogP contribution in [-0.2, 0) is 6.54 Å². The van der Waals surface area contributed by atoms with Crippen molar-refractivity contribution < 1.29 is 0 Å². The summed E-state index contributed by atoms with van der Waals surface area (Å²) >= 11 is 0. The summed E-state index contributed by atoms with van der Waals surface area (Å²) in [5.41, 5.74) is 3.29. The number of hydrogen-bond donors (Lipinski definition) is 1. The summed E-state index contributed by atoms with van der Waals surface area (Å²) in [6.07, 6.45) is 0. The number of aryl methyl sites for hydroxylation is 1. The average Bonchev–Trinajstić information content (AvgIpc) is 2.62. The van der Waals surface area contributed by atoms with Crippen LogP contribution in [0, 0.1) is 6.92 Å². The number of benzene rings is 2. The largest absolute Gasteiger partial charge is 0.350 e. The third-order valence-electron chi connectivity index (χ3n) is 3.79. The molecule has 0 aliphatic rings. The third-order valence-corrected chi connectivity index (χ3v) is 3.79. The van der Waals surface area contributed by atoms with Crippen LogP contribution in [0.3, 0.4) is 0 Å². The molecule has 1 N–H and O–H groups in total. The maximum absolute atomic E-state index is 4.70. The predicted octanol–water partition coefficient (Wildman–Crippen LogP) is 4.56. The highest BCUT2D eigenvalue weighted by Crippen LogP contribution is 2.24. The second-order valence-corrected chi connectivity index (χ2v) is 5.61. The van der Waals surface area contributed by atoms with E-state index >= 15 is 0 Å². The first kappa shape index (κ1) is 16.0. The van der Waals surface area contributed by atoms with Crippen molar-refractivity contribution >= 4 is 17.5 Å². The van der Waals surface area contributed by atoms with Gasteiger partial charge in [0, 0.05) is 30.5 Å². The van der Waals surface area contributed by atoms with Crippen LogP contribution in [0.1, 0.15) is 18.2 Å². The van der Waals surface area contributed by atoms with Crippen LogP contribution in [0.2, 0.25) is 0 Å². The summed E-state index contributed by atoms with van der Waals surface area (Å²) in [5.74, 6) is 1.56. The zero-order chi connectivity index (χ0) is 16.8. The number of rotatable bonds is 6. The fraction of sp³-hybridized carbons (Fsp3) is 0.200. The van der Waals surface area contributed by atoms with Crippen LogP contribution in [0.4, 0.5) is 17.5 Å². The Morgan fingerprint density at radius 1 is 0.917 bits per heavy atom. The van der Waals surface area contributed by atoms with Gasteiger partial charge in [0.15, 0.2) is 0 Å². The normalized spacial score (nSPS) is 10.4. The van der Waals surface area contributed by atoms with Gasteiger partial charge in [-0.25, -0.2) is 4.98 Å². The first-order valence-electron chi connectivity index (χ1n) is 8.22.